The Hall–Kier alpha value is -1.91. The molecule has 0 fully saturated rings. The number of primary amides is 1. The Morgan fingerprint density at radius 2 is 2.12 bits per heavy atom. The largest absolute Gasteiger partial charge is 0.454 e. The minimum Gasteiger partial charge on any atom is -0.454 e. The quantitative estimate of drug-likeness (QED) is 0.819. The van der Waals surface area contributed by atoms with Crippen LogP contribution in [0.15, 0.2) is 12.1 Å². The molecule has 1 aromatic rings. The first-order valence-electron chi connectivity index (χ1n) is 5.19. The van der Waals surface area contributed by atoms with Gasteiger partial charge in [-0.25, -0.2) is 4.79 Å². The molecule has 0 unspecified atom stereocenters. The average molecular weight is 222 g/mol. The third-order valence-corrected chi connectivity index (χ3v) is 2.38. The predicted molar refractivity (Wildman–Crippen MR) is 59.8 cm³/mol. The van der Waals surface area contributed by atoms with Gasteiger partial charge < -0.3 is 20.5 Å². The molecule has 0 atom stereocenters. The number of fused-ring (bicyclic) bond motifs is 1. The number of carbonyl (C=O) groups excluding carboxylic acids is 1. The number of rotatable bonds is 3. The molecule has 0 aromatic heterocycles. The summed E-state index contributed by atoms with van der Waals surface area (Å²) in [6.07, 6.45) is 1.83. The van der Waals surface area contributed by atoms with E-state index in [1.807, 2.05) is 6.07 Å². The minimum atomic E-state index is -0.573. The number of benzene rings is 1. The van der Waals surface area contributed by atoms with Crippen molar-refractivity contribution in [2.45, 2.75) is 19.8 Å². The van der Waals surface area contributed by atoms with Crippen LogP contribution in [0, 0.1) is 0 Å². The Morgan fingerprint density at radius 3 is 2.75 bits per heavy atom. The lowest BCUT2D eigenvalue weighted by Gasteiger charge is -2.10. The van der Waals surface area contributed by atoms with E-state index in [0.717, 1.165) is 24.2 Å². The van der Waals surface area contributed by atoms with E-state index in [2.05, 4.69) is 12.2 Å². The van der Waals surface area contributed by atoms with E-state index in [0.29, 0.717) is 11.4 Å². The van der Waals surface area contributed by atoms with Crippen LogP contribution >= 0.6 is 0 Å². The van der Waals surface area contributed by atoms with Gasteiger partial charge in [0, 0.05) is 11.8 Å². The number of amides is 2. The molecule has 1 aliphatic heterocycles. The Balaban J connectivity index is 2.36. The van der Waals surface area contributed by atoms with Gasteiger partial charge in [0.1, 0.15) is 0 Å². The highest BCUT2D eigenvalue weighted by atomic mass is 16.7. The van der Waals surface area contributed by atoms with Crippen molar-refractivity contribution < 1.29 is 14.3 Å². The number of urea groups is 1. The smallest absolute Gasteiger partial charge is 0.316 e. The van der Waals surface area contributed by atoms with E-state index in [1.54, 1.807) is 6.07 Å². The molecule has 1 aliphatic rings. The molecule has 86 valence electrons. The fourth-order valence-corrected chi connectivity index (χ4v) is 1.71. The summed E-state index contributed by atoms with van der Waals surface area (Å²) in [5.74, 6) is 1.36. The standard InChI is InChI=1S/C11H14N2O3/c1-2-3-7-4-9-10(16-6-15-9)5-8(7)13-11(12)14/h4-5H,2-3,6H2,1H3,(H3,12,13,14). The molecule has 0 saturated carbocycles. The first-order valence-corrected chi connectivity index (χ1v) is 5.19. The van der Waals surface area contributed by atoms with Crippen molar-refractivity contribution in [1.29, 1.82) is 0 Å². The summed E-state index contributed by atoms with van der Waals surface area (Å²) < 4.78 is 10.5. The van der Waals surface area contributed by atoms with E-state index < -0.39 is 6.03 Å². The molecule has 2 amide bonds. The fraction of sp³-hybridized carbons (Fsp3) is 0.364. The third-order valence-electron chi connectivity index (χ3n) is 2.38. The second kappa shape index (κ2) is 4.30. The van der Waals surface area contributed by atoms with Crippen molar-refractivity contribution in [3.8, 4) is 11.5 Å². The summed E-state index contributed by atoms with van der Waals surface area (Å²) in [5, 5.41) is 2.59. The van der Waals surface area contributed by atoms with E-state index in [-0.39, 0.29) is 6.79 Å². The van der Waals surface area contributed by atoms with Crippen molar-refractivity contribution in [2.24, 2.45) is 5.73 Å². The maximum atomic E-state index is 10.9. The zero-order chi connectivity index (χ0) is 11.5. The fourth-order valence-electron chi connectivity index (χ4n) is 1.71. The van der Waals surface area contributed by atoms with Crippen molar-refractivity contribution in [3.63, 3.8) is 0 Å². The molecule has 5 nitrogen and oxygen atoms in total. The number of hydrogen-bond donors (Lipinski definition) is 2. The summed E-state index contributed by atoms with van der Waals surface area (Å²) >= 11 is 0. The summed E-state index contributed by atoms with van der Waals surface area (Å²) in [7, 11) is 0. The zero-order valence-electron chi connectivity index (χ0n) is 9.08. The maximum Gasteiger partial charge on any atom is 0.316 e. The van der Waals surface area contributed by atoms with Crippen molar-refractivity contribution >= 4 is 11.7 Å². The normalized spacial score (nSPS) is 12.6. The van der Waals surface area contributed by atoms with Crippen molar-refractivity contribution in [3.05, 3.63) is 17.7 Å². The molecule has 0 aliphatic carbocycles. The molecule has 0 bridgehead atoms. The van der Waals surface area contributed by atoms with Crippen molar-refractivity contribution in [1.82, 2.24) is 0 Å². The van der Waals surface area contributed by atoms with Crippen LogP contribution in [-0.4, -0.2) is 12.8 Å². The average Bonchev–Trinajstić information content (AvgIpc) is 2.64. The first-order chi connectivity index (χ1) is 7.70. The number of carbonyl (C=O) groups is 1. The molecule has 0 radical (unpaired) electrons. The monoisotopic (exact) mass is 222 g/mol. The number of hydrogen-bond acceptors (Lipinski definition) is 3. The highest BCUT2D eigenvalue weighted by Crippen LogP contribution is 2.37. The second-order valence-electron chi connectivity index (χ2n) is 3.60. The van der Waals surface area contributed by atoms with Crippen LogP contribution < -0.4 is 20.5 Å². The van der Waals surface area contributed by atoms with Crippen molar-refractivity contribution in [2.75, 3.05) is 12.1 Å². The van der Waals surface area contributed by atoms with Crippen LogP contribution in [0.1, 0.15) is 18.9 Å². The van der Waals surface area contributed by atoms with E-state index in [9.17, 15) is 4.79 Å². The minimum absolute atomic E-state index is 0.223. The molecule has 2 rings (SSSR count). The number of ether oxygens (including phenoxy) is 2. The highest BCUT2D eigenvalue weighted by Gasteiger charge is 2.17. The molecule has 0 spiro atoms. The van der Waals surface area contributed by atoms with Gasteiger partial charge >= 0.3 is 6.03 Å². The summed E-state index contributed by atoms with van der Waals surface area (Å²) in [6, 6.07) is 3.06. The Bertz CT molecular complexity index is 418. The number of nitrogens with two attached hydrogens (primary N) is 1. The van der Waals surface area contributed by atoms with Gasteiger partial charge in [0.25, 0.3) is 0 Å². The molecule has 0 saturated heterocycles. The zero-order valence-corrected chi connectivity index (χ0v) is 9.08. The van der Waals surface area contributed by atoms with Crippen LogP contribution in [0.5, 0.6) is 11.5 Å². The van der Waals surface area contributed by atoms with Gasteiger partial charge in [0.15, 0.2) is 11.5 Å². The first kappa shape index (κ1) is 10.6. The highest BCUT2D eigenvalue weighted by molar-refractivity contribution is 5.89. The predicted octanol–water partition coefficient (Wildman–Crippen LogP) is 1.86. The molecular formula is C11H14N2O3. The maximum absolute atomic E-state index is 10.9. The molecule has 3 N–H and O–H groups in total. The molecule has 5 heteroatoms. The van der Waals surface area contributed by atoms with Gasteiger partial charge in [-0.15, -0.1) is 0 Å². The number of nitrogens with one attached hydrogen (secondary N) is 1. The Labute approximate surface area is 93.5 Å². The Morgan fingerprint density at radius 1 is 1.44 bits per heavy atom. The number of anilines is 1. The van der Waals surface area contributed by atoms with Crippen LogP contribution in [0.3, 0.4) is 0 Å². The summed E-state index contributed by atoms with van der Waals surface area (Å²) in [4.78, 5) is 10.9. The van der Waals surface area contributed by atoms with Gasteiger partial charge in [-0.1, -0.05) is 13.3 Å². The van der Waals surface area contributed by atoms with E-state index in [4.69, 9.17) is 15.2 Å². The summed E-state index contributed by atoms with van der Waals surface area (Å²) in [6.45, 7) is 2.29. The van der Waals surface area contributed by atoms with Crippen LogP contribution in [0.25, 0.3) is 0 Å². The third kappa shape index (κ3) is 2.03. The van der Waals surface area contributed by atoms with Crippen LogP contribution in [0.2, 0.25) is 0 Å². The summed E-state index contributed by atoms with van der Waals surface area (Å²) in [5.41, 5.74) is 6.81. The second-order valence-corrected chi connectivity index (χ2v) is 3.60. The van der Waals surface area contributed by atoms with Gasteiger partial charge in [-0.05, 0) is 18.1 Å². The lowest BCUT2D eigenvalue weighted by Crippen LogP contribution is -2.20. The molecule has 1 heterocycles. The molecular weight excluding hydrogens is 208 g/mol. The SMILES string of the molecule is CCCc1cc2c(cc1NC(N)=O)OCO2. The van der Waals surface area contributed by atoms with E-state index >= 15 is 0 Å². The lowest BCUT2D eigenvalue weighted by atomic mass is 10.1. The van der Waals surface area contributed by atoms with Gasteiger partial charge in [0.2, 0.25) is 6.79 Å². The van der Waals surface area contributed by atoms with Crippen LogP contribution in [-0.2, 0) is 6.42 Å². The molecule has 1 aromatic carbocycles. The molecule has 16 heavy (non-hydrogen) atoms. The number of aryl methyl sites for hydroxylation is 1. The van der Waals surface area contributed by atoms with Gasteiger partial charge in [-0.2, -0.15) is 0 Å². The van der Waals surface area contributed by atoms with Gasteiger partial charge in [0.05, 0.1) is 0 Å². The van der Waals surface area contributed by atoms with Gasteiger partial charge in [-0.3, -0.25) is 0 Å². The topological polar surface area (TPSA) is 73.6 Å². The van der Waals surface area contributed by atoms with Crippen LogP contribution in [0.4, 0.5) is 10.5 Å². The van der Waals surface area contributed by atoms with E-state index in [1.165, 1.54) is 0 Å². The lowest BCUT2D eigenvalue weighted by molar-refractivity contribution is 0.174. The Kier molecular flexibility index (Phi) is 2.85.